The minimum atomic E-state index is -1.83. The molecule has 0 aliphatic carbocycles. The molecule has 1 saturated heterocycles. The van der Waals surface area contributed by atoms with E-state index in [0.29, 0.717) is 6.61 Å². The van der Waals surface area contributed by atoms with Gasteiger partial charge in [-0.25, -0.2) is 0 Å². The van der Waals surface area contributed by atoms with Gasteiger partial charge in [-0.2, -0.15) is 0 Å². The van der Waals surface area contributed by atoms with Crippen LogP contribution in [0.3, 0.4) is 0 Å². The lowest BCUT2D eigenvalue weighted by Crippen LogP contribution is -2.67. The Labute approximate surface area is 157 Å². The molecule has 0 spiro atoms. The van der Waals surface area contributed by atoms with Crippen molar-refractivity contribution < 1.29 is 22.8 Å². The monoisotopic (exact) mass is 409 g/mol. The molecule has 1 unspecified atom stereocenters. The predicted molar refractivity (Wildman–Crippen MR) is 109 cm³/mol. The highest BCUT2D eigenvalue weighted by Gasteiger charge is 2.48. The SMILES string of the molecule is COC1O[C@H](CO[Si](C)(C)C)[C@H](O[Si](C)(C)C)[C@H](O[Si](C)(C)C)[C@H]1N. The minimum Gasteiger partial charge on any atom is -0.415 e. The van der Waals surface area contributed by atoms with Crippen LogP contribution in [0.25, 0.3) is 0 Å². The van der Waals surface area contributed by atoms with E-state index in [1.807, 2.05) is 0 Å². The Morgan fingerprint density at radius 1 is 0.800 bits per heavy atom. The summed E-state index contributed by atoms with van der Waals surface area (Å²) in [6, 6.07) is -0.388. The third kappa shape index (κ3) is 8.31. The van der Waals surface area contributed by atoms with Crippen LogP contribution in [0.2, 0.25) is 58.9 Å². The second-order valence-electron chi connectivity index (χ2n) is 9.67. The van der Waals surface area contributed by atoms with Crippen molar-refractivity contribution in [2.24, 2.45) is 5.73 Å². The molecule has 1 heterocycles. The molecule has 1 fully saturated rings. The topological polar surface area (TPSA) is 72.2 Å². The standard InChI is InChI=1S/C16H39NO5Si3/c1-18-16-13(17)15(22-25(8,9)10)14(21-24(5,6)7)12(20-16)11-19-23(2,3)4/h12-16H,11,17H2,1-10H3/t12-,13-,14+,15-,16?/m1/s1. The van der Waals surface area contributed by atoms with E-state index in [0.717, 1.165) is 0 Å². The zero-order valence-electron chi connectivity index (χ0n) is 17.7. The Morgan fingerprint density at radius 3 is 1.68 bits per heavy atom. The van der Waals surface area contributed by atoms with Crippen LogP contribution in [-0.2, 0) is 22.8 Å². The largest absolute Gasteiger partial charge is 0.415 e. The highest BCUT2D eigenvalue weighted by atomic mass is 28.4. The molecule has 150 valence electrons. The van der Waals surface area contributed by atoms with Crippen molar-refractivity contribution in [3.05, 3.63) is 0 Å². The van der Waals surface area contributed by atoms with Crippen LogP contribution in [0.4, 0.5) is 0 Å². The fourth-order valence-corrected chi connectivity index (χ4v) is 5.58. The summed E-state index contributed by atoms with van der Waals surface area (Å²) in [4.78, 5) is 0. The van der Waals surface area contributed by atoms with E-state index < -0.39 is 31.2 Å². The van der Waals surface area contributed by atoms with Crippen molar-refractivity contribution in [1.82, 2.24) is 0 Å². The van der Waals surface area contributed by atoms with Gasteiger partial charge in [0.2, 0.25) is 0 Å². The first-order valence-electron chi connectivity index (χ1n) is 9.06. The van der Waals surface area contributed by atoms with Crippen molar-refractivity contribution in [3.63, 3.8) is 0 Å². The van der Waals surface area contributed by atoms with Gasteiger partial charge in [0.25, 0.3) is 0 Å². The van der Waals surface area contributed by atoms with Gasteiger partial charge in [-0.1, -0.05) is 0 Å². The molecule has 2 N–H and O–H groups in total. The molecule has 0 bridgehead atoms. The molecule has 1 aliphatic rings. The third-order valence-corrected chi connectivity index (χ3v) is 6.58. The summed E-state index contributed by atoms with van der Waals surface area (Å²) < 4.78 is 30.7. The number of rotatable bonds is 8. The molecular weight excluding hydrogens is 370 g/mol. The molecule has 9 heteroatoms. The zero-order valence-corrected chi connectivity index (χ0v) is 20.7. The first-order valence-corrected chi connectivity index (χ1v) is 19.3. The molecule has 1 aliphatic heterocycles. The van der Waals surface area contributed by atoms with Gasteiger partial charge in [0, 0.05) is 7.11 Å². The van der Waals surface area contributed by atoms with Gasteiger partial charge in [-0.15, -0.1) is 0 Å². The summed E-state index contributed by atoms with van der Waals surface area (Å²) in [6.45, 7) is 20.0. The van der Waals surface area contributed by atoms with Gasteiger partial charge in [0.15, 0.2) is 31.2 Å². The van der Waals surface area contributed by atoms with Gasteiger partial charge < -0.3 is 28.5 Å². The Balaban J connectivity index is 3.11. The maximum Gasteiger partial charge on any atom is 0.184 e. The molecule has 6 nitrogen and oxygen atoms in total. The lowest BCUT2D eigenvalue weighted by Gasteiger charge is -2.48. The van der Waals surface area contributed by atoms with Gasteiger partial charge in [-0.05, 0) is 58.9 Å². The van der Waals surface area contributed by atoms with Gasteiger partial charge in [0.05, 0.1) is 18.8 Å². The van der Waals surface area contributed by atoms with E-state index in [1.54, 1.807) is 7.11 Å². The molecule has 0 aromatic heterocycles. The molecule has 0 aromatic carbocycles. The van der Waals surface area contributed by atoms with Crippen molar-refractivity contribution >= 4 is 25.0 Å². The summed E-state index contributed by atoms with van der Waals surface area (Å²) >= 11 is 0. The van der Waals surface area contributed by atoms with E-state index in [-0.39, 0.29) is 24.4 Å². The lowest BCUT2D eigenvalue weighted by atomic mass is 9.98. The maximum atomic E-state index is 6.49. The van der Waals surface area contributed by atoms with Gasteiger partial charge in [-0.3, -0.25) is 0 Å². The van der Waals surface area contributed by atoms with Crippen molar-refractivity contribution in [3.8, 4) is 0 Å². The van der Waals surface area contributed by atoms with Crippen molar-refractivity contribution in [1.29, 1.82) is 0 Å². The van der Waals surface area contributed by atoms with Gasteiger partial charge in [0.1, 0.15) is 12.2 Å². The van der Waals surface area contributed by atoms with E-state index in [4.69, 9.17) is 28.5 Å². The number of ether oxygens (including phenoxy) is 2. The molecule has 0 saturated carbocycles. The van der Waals surface area contributed by atoms with E-state index >= 15 is 0 Å². The number of hydrogen-bond donors (Lipinski definition) is 1. The zero-order chi connectivity index (χ0) is 19.6. The second-order valence-corrected chi connectivity index (χ2v) is 23.1. The molecule has 1 rings (SSSR count). The van der Waals surface area contributed by atoms with Crippen LogP contribution in [0.15, 0.2) is 0 Å². The first kappa shape index (κ1) is 23.5. The normalized spacial score (nSPS) is 32.0. The van der Waals surface area contributed by atoms with Crippen LogP contribution in [0.5, 0.6) is 0 Å². The summed E-state index contributed by atoms with van der Waals surface area (Å²) in [5.74, 6) is 0. The summed E-state index contributed by atoms with van der Waals surface area (Å²) in [5.41, 5.74) is 6.44. The number of methoxy groups -OCH3 is 1. The predicted octanol–water partition coefficient (Wildman–Crippen LogP) is 2.98. The third-order valence-electron chi connectivity index (χ3n) is 3.58. The lowest BCUT2D eigenvalue weighted by molar-refractivity contribution is -0.250. The molecule has 25 heavy (non-hydrogen) atoms. The highest BCUT2D eigenvalue weighted by Crippen LogP contribution is 2.30. The molecule has 0 aromatic rings. The molecule has 5 atom stereocenters. The van der Waals surface area contributed by atoms with Crippen LogP contribution >= 0.6 is 0 Å². The number of hydrogen-bond acceptors (Lipinski definition) is 6. The van der Waals surface area contributed by atoms with Crippen LogP contribution in [0.1, 0.15) is 0 Å². The number of nitrogens with two attached hydrogens (primary N) is 1. The van der Waals surface area contributed by atoms with Crippen molar-refractivity contribution in [2.75, 3.05) is 13.7 Å². The maximum absolute atomic E-state index is 6.49. The van der Waals surface area contributed by atoms with Crippen LogP contribution in [-0.4, -0.2) is 69.3 Å². The second kappa shape index (κ2) is 8.61. The van der Waals surface area contributed by atoms with Gasteiger partial charge >= 0.3 is 0 Å². The fourth-order valence-electron chi connectivity index (χ4n) is 2.71. The molecule has 0 amide bonds. The smallest absolute Gasteiger partial charge is 0.184 e. The molecule has 0 radical (unpaired) electrons. The Kier molecular flexibility index (Phi) is 8.08. The Bertz CT molecular complexity index is 419. The average molecular weight is 410 g/mol. The van der Waals surface area contributed by atoms with E-state index in [1.165, 1.54) is 0 Å². The molecular formula is C16H39NO5Si3. The summed E-state index contributed by atoms with van der Waals surface area (Å²) in [6.07, 6.45) is -1.26. The average Bonchev–Trinajstić information content (AvgIpc) is 2.38. The van der Waals surface area contributed by atoms with Crippen LogP contribution < -0.4 is 5.73 Å². The Morgan fingerprint density at radius 2 is 1.28 bits per heavy atom. The Hall–Kier alpha value is 0.411. The van der Waals surface area contributed by atoms with E-state index in [9.17, 15) is 0 Å². The van der Waals surface area contributed by atoms with E-state index in [2.05, 4.69) is 58.9 Å². The van der Waals surface area contributed by atoms with Crippen LogP contribution in [0, 0.1) is 0 Å². The van der Waals surface area contributed by atoms with Crippen molar-refractivity contribution in [2.45, 2.75) is 89.6 Å². The first-order chi connectivity index (χ1) is 11.1. The highest BCUT2D eigenvalue weighted by molar-refractivity contribution is 6.70. The summed E-state index contributed by atoms with van der Waals surface area (Å²) in [5, 5.41) is 0. The summed E-state index contributed by atoms with van der Waals surface area (Å²) in [7, 11) is -3.71. The minimum absolute atomic E-state index is 0.240. The fraction of sp³-hybridized carbons (Fsp3) is 1.00. The quantitative estimate of drug-likeness (QED) is 0.621.